The number of nitrogens with one attached hydrogen (secondary N) is 1. The quantitative estimate of drug-likeness (QED) is 0.552. The zero-order valence-electron chi connectivity index (χ0n) is 22.9. The second-order valence-electron chi connectivity index (χ2n) is 12.0. The molecule has 9 nitrogen and oxygen atoms in total. The number of carbonyl (C=O) groups excluding carboxylic acids is 2. The van der Waals surface area contributed by atoms with Crippen LogP contribution < -0.4 is 5.32 Å². The number of halogens is 3. The highest BCUT2D eigenvalue weighted by Gasteiger charge is 2.44. The van der Waals surface area contributed by atoms with Gasteiger partial charge >= 0.3 is 6.18 Å². The Morgan fingerprint density at radius 3 is 2.20 bits per heavy atom. The lowest BCUT2D eigenvalue weighted by atomic mass is 9.82. The molecule has 1 aromatic rings. The minimum atomic E-state index is -4.47. The van der Waals surface area contributed by atoms with Crippen molar-refractivity contribution in [2.24, 2.45) is 17.3 Å². The molecule has 0 saturated carbocycles. The van der Waals surface area contributed by atoms with E-state index < -0.39 is 45.4 Å². The number of nitriles is 1. The van der Waals surface area contributed by atoms with Crippen molar-refractivity contribution in [2.45, 2.75) is 64.7 Å². The second-order valence-corrected chi connectivity index (χ2v) is 13.9. The largest absolute Gasteiger partial charge is 0.416 e. The highest BCUT2D eigenvalue weighted by Crippen LogP contribution is 2.36. The molecule has 220 valence electrons. The number of likely N-dealkylation sites (tertiary alicyclic amines) is 1. The highest BCUT2D eigenvalue weighted by molar-refractivity contribution is 7.86. The van der Waals surface area contributed by atoms with Crippen LogP contribution in [0, 0.1) is 28.6 Å². The second kappa shape index (κ2) is 11.3. The summed E-state index contributed by atoms with van der Waals surface area (Å²) in [6.45, 7) is 6.62. The lowest BCUT2D eigenvalue weighted by molar-refractivity contribution is -0.143. The summed E-state index contributed by atoms with van der Waals surface area (Å²) in [4.78, 5) is 28.6. The van der Waals surface area contributed by atoms with Crippen molar-refractivity contribution >= 4 is 22.0 Å². The van der Waals surface area contributed by atoms with Crippen LogP contribution in [-0.2, 0) is 26.0 Å². The van der Waals surface area contributed by atoms with E-state index in [0.717, 1.165) is 12.1 Å². The molecule has 3 atom stereocenters. The van der Waals surface area contributed by atoms with E-state index in [1.165, 1.54) is 25.6 Å². The fourth-order valence-electron chi connectivity index (χ4n) is 5.67. The van der Waals surface area contributed by atoms with Crippen molar-refractivity contribution in [1.29, 1.82) is 5.26 Å². The maximum atomic E-state index is 13.6. The lowest BCUT2D eigenvalue weighted by Crippen LogP contribution is -2.57. The minimum Gasteiger partial charge on any atom is -0.347 e. The van der Waals surface area contributed by atoms with Crippen molar-refractivity contribution in [2.75, 3.05) is 32.7 Å². The number of nitrogens with zero attached hydrogens (tertiary/aromatic N) is 4. The van der Waals surface area contributed by atoms with Crippen molar-refractivity contribution in [3.63, 3.8) is 0 Å². The topological polar surface area (TPSA) is 114 Å². The maximum absolute atomic E-state index is 13.6. The van der Waals surface area contributed by atoms with Gasteiger partial charge in [-0.2, -0.15) is 35.5 Å². The molecule has 2 amide bonds. The number of alkyl halides is 3. The zero-order valence-corrected chi connectivity index (χ0v) is 23.8. The summed E-state index contributed by atoms with van der Waals surface area (Å²) in [5.41, 5.74) is -0.768. The highest BCUT2D eigenvalue weighted by atomic mass is 32.2. The first-order valence-electron chi connectivity index (χ1n) is 13.6. The molecule has 13 heteroatoms. The maximum Gasteiger partial charge on any atom is 0.416 e. The Hall–Kier alpha value is -2.69. The van der Waals surface area contributed by atoms with Gasteiger partial charge in [0, 0.05) is 32.7 Å². The zero-order chi connectivity index (χ0) is 29.5. The van der Waals surface area contributed by atoms with Crippen molar-refractivity contribution in [3.8, 4) is 6.07 Å². The molecule has 0 aromatic heterocycles. The molecule has 3 fully saturated rings. The van der Waals surface area contributed by atoms with Crippen LogP contribution in [0.4, 0.5) is 13.2 Å². The van der Waals surface area contributed by atoms with Gasteiger partial charge in [0.1, 0.15) is 6.04 Å². The van der Waals surface area contributed by atoms with Crippen molar-refractivity contribution in [1.82, 2.24) is 18.8 Å². The predicted octanol–water partition coefficient (Wildman–Crippen LogP) is 3.31. The Morgan fingerprint density at radius 2 is 1.62 bits per heavy atom. The van der Waals surface area contributed by atoms with Gasteiger partial charge in [0.05, 0.1) is 29.5 Å². The molecule has 3 aliphatic rings. The predicted molar refractivity (Wildman–Crippen MR) is 140 cm³/mol. The third-order valence-corrected chi connectivity index (χ3v) is 9.91. The molecule has 4 rings (SSSR count). The number of amides is 2. The van der Waals surface area contributed by atoms with E-state index in [1.54, 1.807) is 0 Å². The number of benzene rings is 1. The molecule has 1 unspecified atom stereocenters. The summed E-state index contributed by atoms with van der Waals surface area (Å²) in [6.07, 6.45) is -2.39. The van der Waals surface area contributed by atoms with E-state index >= 15 is 0 Å². The normalized spacial score (nSPS) is 24.3. The molecule has 3 saturated heterocycles. The fourth-order valence-corrected chi connectivity index (χ4v) is 7.46. The van der Waals surface area contributed by atoms with Crippen LogP contribution in [0.25, 0.3) is 0 Å². The number of piperidine rings is 1. The van der Waals surface area contributed by atoms with Gasteiger partial charge < -0.3 is 10.2 Å². The Labute approximate surface area is 233 Å². The van der Waals surface area contributed by atoms with Crippen LogP contribution in [-0.4, -0.2) is 72.5 Å². The first-order valence-corrected chi connectivity index (χ1v) is 15.0. The average molecular weight is 584 g/mol. The van der Waals surface area contributed by atoms with E-state index in [2.05, 4.69) is 11.4 Å². The summed E-state index contributed by atoms with van der Waals surface area (Å²) < 4.78 is 67.8. The van der Waals surface area contributed by atoms with Crippen LogP contribution in [0.15, 0.2) is 24.3 Å². The van der Waals surface area contributed by atoms with Gasteiger partial charge in [-0.05, 0) is 48.8 Å². The van der Waals surface area contributed by atoms with Crippen LogP contribution in [0.3, 0.4) is 0 Å². The molecular weight excluding hydrogens is 547 g/mol. The molecule has 0 aliphatic carbocycles. The van der Waals surface area contributed by atoms with Crippen molar-refractivity contribution in [3.05, 3.63) is 35.4 Å². The smallest absolute Gasteiger partial charge is 0.347 e. The molecular formula is C27H36F3N5O4S. The van der Waals surface area contributed by atoms with Gasteiger partial charge in [-0.1, -0.05) is 32.9 Å². The van der Waals surface area contributed by atoms with Crippen LogP contribution in [0.1, 0.15) is 63.6 Å². The summed E-state index contributed by atoms with van der Waals surface area (Å²) >= 11 is 0. The van der Waals surface area contributed by atoms with Gasteiger partial charge in [0.2, 0.25) is 11.8 Å². The van der Waals surface area contributed by atoms with Crippen molar-refractivity contribution < 1.29 is 31.2 Å². The Bertz CT molecular complexity index is 1250. The van der Waals surface area contributed by atoms with Gasteiger partial charge in [-0.25, -0.2) is 0 Å². The first-order chi connectivity index (χ1) is 18.6. The lowest BCUT2D eigenvalue weighted by Gasteiger charge is -2.41. The third-order valence-electron chi connectivity index (χ3n) is 7.98. The average Bonchev–Trinajstić information content (AvgIpc) is 3.35. The monoisotopic (exact) mass is 583 g/mol. The molecule has 1 aromatic carbocycles. The van der Waals surface area contributed by atoms with Gasteiger partial charge in [-0.3, -0.25) is 9.59 Å². The summed E-state index contributed by atoms with van der Waals surface area (Å²) in [6, 6.07) is 5.44. The third kappa shape index (κ3) is 6.29. The van der Waals surface area contributed by atoms with E-state index in [9.17, 15) is 31.2 Å². The number of carbonyl (C=O) groups is 2. The molecule has 1 N–H and O–H groups in total. The van der Waals surface area contributed by atoms with E-state index in [4.69, 9.17) is 5.26 Å². The standard InChI is InChI=1S/C27H36F3N5O4S/c1-26(2,3)23(19-8-10-21(11-9-19)27(28,29)30)32-24(36)22-7-5-13-35(22)25(37)20-6-4-12-33(17-20)40(38,39)34-15-18(14-31)16-34/h8-11,18,20,22-23H,4-7,12-13,15-17H2,1-3H3,(H,32,36)/t20-,22+,23?/m0/s1. The molecule has 0 bridgehead atoms. The Morgan fingerprint density at radius 1 is 1.00 bits per heavy atom. The van der Waals surface area contributed by atoms with Gasteiger partial charge in [0.15, 0.2) is 0 Å². The summed E-state index contributed by atoms with van der Waals surface area (Å²) in [5, 5.41) is 12.0. The van der Waals surface area contributed by atoms with Crippen LogP contribution in [0.5, 0.6) is 0 Å². The van der Waals surface area contributed by atoms with Crippen LogP contribution >= 0.6 is 0 Å². The first kappa shape index (κ1) is 30.3. The Kier molecular flexibility index (Phi) is 8.55. The minimum absolute atomic E-state index is 0.0237. The number of hydrogen-bond donors (Lipinski definition) is 1. The van der Waals surface area contributed by atoms with Crippen LogP contribution in [0.2, 0.25) is 0 Å². The molecule has 0 spiro atoms. The fraction of sp³-hybridized carbons (Fsp3) is 0.667. The van der Waals surface area contributed by atoms with E-state index in [1.807, 2.05) is 20.8 Å². The van der Waals surface area contributed by atoms with E-state index in [0.29, 0.717) is 44.3 Å². The van der Waals surface area contributed by atoms with E-state index in [-0.39, 0.29) is 37.4 Å². The number of hydrogen-bond acceptors (Lipinski definition) is 5. The molecule has 40 heavy (non-hydrogen) atoms. The molecule has 3 heterocycles. The molecule has 0 radical (unpaired) electrons. The summed E-state index contributed by atoms with van der Waals surface area (Å²) in [7, 11) is -3.77. The van der Waals surface area contributed by atoms with Gasteiger partial charge in [0.25, 0.3) is 10.2 Å². The van der Waals surface area contributed by atoms with Gasteiger partial charge in [-0.15, -0.1) is 0 Å². The molecule has 3 aliphatic heterocycles. The SMILES string of the molecule is CC(C)(C)C(NC(=O)[C@H]1CCCN1C(=O)[C@H]1CCCN(S(=O)(=O)N2CC(C#N)C2)C1)c1ccc(C(F)(F)F)cc1. The summed E-state index contributed by atoms with van der Waals surface area (Å²) in [5.74, 6) is -1.55. The Balaban J connectivity index is 1.44. The number of rotatable bonds is 6.